The molecule has 1 heterocycles. The van der Waals surface area contributed by atoms with Gasteiger partial charge in [-0.1, -0.05) is 47.5 Å². The average molecular weight is 481 g/mol. The zero-order valence-electron chi connectivity index (χ0n) is 16.0. The molecule has 4 nitrogen and oxygen atoms in total. The Morgan fingerprint density at radius 3 is 2.12 bits per heavy atom. The Bertz CT molecular complexity index is 1200. The van der Waals surface area contributed by atoms with E-state index in [1.54, 1.807) is 24.3 Å². The van der Waals surface area contributed by atoms with Crippen molar-refractivity contribution in [3.8, 4) is 28.4 Å². The molecule has 1 unspecified atom stereocenters. The van der Waals surface area contributed by atoms with Crippen LogP contribution >= 0.6 is 23.2 Å². The molecule has 3 aromatic rings. The van der Waals surface area contributed by atoms with Gasteiger partial charge in [-0.15, -0.1) is 0 Å². The molecular weight excluding hydrogens is 468 g/mol. The summed E-state index contributed by atoms with van der Waals surface area (Å²) in [7, 11) is 0. The normalized spacial score (nSPS) is 15.4. The van der Waals surface area contributed by atoms with Crippen molar-refractivity contribution >= 4 is 35.2 Å². The number of alkyl halides is 3. The smallest absolute Gasteiger partial charge is 0.430 e. The fourth-order valence-corrected chi connectivity index (χ4v) is 3.52. The zero-order chi connectivity index (χ0) is 23.0. The molecular formula is C23H13Cl2F3O4. The molecule has 0 saturated carbocycles. The van der Waals surface area contributed by atoms with Gasteiger partial charge in [-0.3, -0.25) is 0 Å². The summed E-state index contributed by atoms with van der Waals surface area (Å²) in [5, 5.41) is 9.83. The van der Waals surface area contributed by atoms with Gasteiger partial charge in [0.15, 0.2) is 0 Å². The van der Waals surface area contributed by atoms with Crippen molar-refractivity contribution in [2.45, 2.75) is 12.3 Å². The standard InChI is InChI=1S/C23H13Cl2F3O4/c24-15-5-1-12(2-6-15)13-3-7-16(8-4-13)31-20-11-19-14(10-18(20)25)9-17(22(29)30)21(32-19)23(26,27)28/h1-11,21H,(H,29,30). The lowest BCUT2D eigenvalue weighted by atomic mass is 10.0. The summed E-state index contributed by atoms with van der Waals surface area (Å²) in [5.74, 6) is -1.45. The molecule has 1 N–H and O–H groups in total. The third-order valence-electron chi connectivity index (χ3n) is 4.71. The SMILES string of the molecule is O=C(O)C1=Cc2cc(Cl)c(Oc3ccc(-c4ccc(Cl)cc4)cc3)cc2OC1C(F)(F)F. The number of carboxylic acid groups (broad SMARTS) is 1. The summed E-state index contributed by atoms with van der Waals surface area (Å²) >= 11 is 12.1. The molecule has 4 rings (SSSR count). The molecule has 32 heavy (non-hydrogen) atoms. The van der Waals surface area contributed by atoms with Crippen LogP contribution in [-0.2, 0) is 4.79 Å². The van der Waals surface area contributed by atoms with Crippen LogP contribution in [0.5, 0.6) is 17.2 Å². The molecule has 0 bridgehead atoms. The highest BCUT2D eigenvalue weighted by Gasteiger charge is 2.48. The zero-order valence-corrected chi connectivity index (χ0v) is 17.5. The minimum Gasteiger partial charge on any atom is -0.478 e. The Morgan fingerprint density at radius 2 is 1.56 bits per heavy atom. The van der Waals surface area contributed by atoms with Gasteiger partial charge in [0, 0.05) is 16.7 Å². The van der Waals surface area contributed by atoms with Crippen molar-refractivity contribution in [2.24, 2.45) is 0 Å². The highest BCUT2D eigenvalue weighted by atomic mass is 35.5. The summed E-state index contributed by atoms with van der Waals surface area (Å²) in [5.41, 5.74) is 1.04. The summed E-state index contributed by atoms with van der Waals surface area (Å²) in [6.45, 7) is 0. The van der Waals surface area contributed by atoms with E-state index in [1.165, 1.54) is 12.1 Å². The van der Waals surface area contributed by atoms with Gasteiger partial charge in [-0.2, -0.15) is 13.2 Å². The molecule has 0 aliphatic carbocycles. The molecule has 3 aromatic carbocycles. The summed E-state index contributed by atoms with van der Waals surface area (Å²) in [6, 6.07) is 16.8. The van der Waals surface area contributed by atoms with Crippen LogP contribution in [-0.4, -0.2) is 23.4 Å². The highest BCUT2D eigenvalue weighted by molar-refractivity contribution is 6.32. The van der Waals surface area contributed by atoms with Crippen LogP contribution in [0.3, 0.4) is 0 Å². The topological polar surface area (TPSA) is 55.8 Å². The molecule has 9 heteroatoms. The van der Waals surface area contributed by atoms with Crippen molar-refractivity contribution in [2.75, 3.05) is 0 Å². The lowest BCUT2D eigenvalue weighted by Gasteiger charge is -2.27. The van der Waals surface area contributed by atoms with E-state index < -0.39 is 23.8 Å². The number of hydrogen-bond acceptors (Lipinski definition) is 3. The monoisotopic (exact) mass is 480 g/mol. The average Bonchev–Trinajstić information content (AvgIpc) is 2.74. The van der Waals surface area contributed by atoms with Crippen LogP contribution in [0.15, 0.2) is 66.2 Å². The first kappa shape index (κ1) is 22.0. The first-order valence-corrected chi connectivity index (χ1v) is 9.93. The predicted octanol–water partition coefficient (Wildman–Crippen LogP) is 7.24. The fraction of sp³-hybridized carbons (Fsp3) is 0.0870. The highest BCUT2D eigenvalue weighted by Crippen LogP contribution is 2.42. The van der Waals surface area contributed by atoms with Crippen molar-refractivity contribution in [1.29, 1.82) is 0 Å². The Hall–Kier alpha value is -3.16. The van der Waals surface area contributed by atoms with Crippen molar-refractivity contribution in [3.63, 3.8) is 0 Å². The van der Waals surface area contributed by atoms with Crippen molar-refractivity contribution in [1.82, 2.24) is 0 Å². The van der Waals surface area contributed by atoms with Gasteiger partial charge in [-0.05, 0) is 47.5 Å². The summed E-state index contributed by atoms with van der Waals surface area (Å²) in [4.78, 5) is 11.2. The molecule has 164 valence electrons. The van der Waals surface area contributed by atoms with E-state index in [-0.39, 0.29) is 22.1 Å². The Balaban J connectivity index is 1.61. The molecule has 0 aromatic heterocycles. The van der Waals surface area contributed by atoms with Gasteiger partial charge >= 0.3 is 12.1 Å². The first-order chi connectivity index (χ1) is 15.1. The van der Waals surface area contributed by atoms with Crippen LogP contribution < -0.4 is 9.47 Å². The minimum atomic E-state index is -4.90. The Labute approximate surface area is 190 Å². The summed E-state index contributed by atoms with van der Waals surface area (Å²) in [6.07, 6.45) is -6.60. The van der Waals surface area contributed by atoms with E-state index in [4.69, 9.17) is 37.8 Å². The number of carboxylic acids is 1. The van der Waals surface area contributed by atoms with Gasteiger partial charge < -0.3 is 14.6 Å². The molecule has 1 atom stereocenters. The molecule has 1 aliphatic rings. The number of halogens is 5. The number of rotatable bonds is 4. The second-order valence-electron chi connectivity index (χ2n) is 6.90. The van der Waals surface area contributed by atoms with E-state index in [0.29, 0.717) is 10.8 Å². The van der Waals surface area contributed by atoms with Crippen LogP contribution in [0.4, 0.5) is 13.2 Å². The summed E-state index contributed by atoms with van der Waals surface area (Å²) < 4.78 is 50.5. The van der Waals surface area contributed by atoms with E-state index in [9.17, 15) is 18.0 Å². The lowest BCUT2D eigenvalue weighted by molar-refractivity contribution is -0.187. The number of fused-ring (bicyclic) bond motifs is 1. The number of aliphatic carboxylic acids is 1. The number of ether oxygens (including phenoxy) is 2. The second-order valence-corrected chi connectivity index (χ2v) is 7.74. The molecule has 0 amide bonds. The number of hydrogen-bond donors (Lipinski definition) is 1. The second kappa shape index (κ2) is 8.41. The number of benzene rings is 3. The van der Waals surface area contributed by atoms with Gasteiger partial charge in [0.1, 0.15) is 17.2 Å². The van der Waals surface area contributed by atoms with Gasteiger partial charge in [0.2, 0.25) is 6.10 Å². The van der Waals surface area contributed by atoms with E-state index in [2.05, 4.69) is 0 Å². The minimum absolute atomic E-state index is 0.0674. The predicted molar refractivity (Wildman–Crippen MR) is 114 cm³/mol. The third-order valence-corrected chi connectivity index (χ3v) is 5.25. The quantitative estimate of drug-likeness (QED) is 0.427. The van der Waals surface area contributed by atoms with E-state index >= 15 is 0 Å². The van der Waals surface area contributed by atoms with E-state index in [0.717, 1.165) is 17.2 Å². The van der Waals surface area contributed by atoms with Crippen molar-refractivity contribution < 1.29 is 32.5 Å². The van der Waals surface area contributed by atoms with Crippen LogP contribution in [0.25, 0.3) is 17.2 Å². The van der Waals surface area contributed by atoms with Gasteiger partial charge in [0.05, 0.1) is 10.6 Å². The first-order valence-electron chi connectivity index (χ1n) is 9.17. The van der Waals surface area contributed by atoms with Crippen LogP contribution in [0.2, 0.25) is 10.0 Å². The third kappa shape index (κ3) is 4.54. The lowest BCUT2D eigenvalue weighted by Crippen LogP contribution is -2.40. The molecule has 0 spiro atoms. The molecule has 0 fully saturated rings. The van der Waals surface area contributed by atoms with Crippen LogP contribution in [0, 0.1) is 0 Å². The van der Waals surface area contributed by atoms with Crippen LogP contribution in [0.1, 0.15) is 5.56 Å². The van der Waals surface area contributed by atoms with Gasteiger partial charge in [0.25, 0.3) is 0 Å². The molecule has 0 radical (unpaired) electrons. The Morgan fingerprint density at radius 1 is 0.969 bits per heavy atom. The largest absolute Gasteiger partial charge is 0.478 e. The van der Waals surface area contributed by atoms with Crippen molar-refractivity contribution in [3.05, 3.63) is 81.8 Å². The molecule has 1 aliphatic heterocycles. The number of carbonyl (C=O) groups is 1. The maximum atomic E-state index is 13.3. The van der Waals surface area contributed by atoms with Gasteiger partial charge in [-0.25, -0.2) is 4.79 Å². The molecule has 0 saturated heterocycles. The van der Waals surface area contributed by atoms with E-state index in [1.807, 2.05) is 24.3 Å². The maximum absolute atomic E-state index is 13.3. The Kier molecular flexibility index (Phi) is 5.79. The fourth-order valence-electron chi connectivity index (χ4n) is 3.18. The maximum Gasteiger partial charge on any atom is 0.430 e.